The van der Waals surface area contributed by atoms with Crippen LogP contribution in [0, 0.1) is 0 Å². The Morgan fingerprint density at radius 3 is 2.43 bits per heavy atom. The molecule has 0 aliphatic heterocycles. The molecule has 0 spiro atoms. The molecule has 0 fully saturated rings. The summed E-state index contributed by atoms with van der Waals surface area (Å²) in [7, 11) is 0. The summed E-state index contributed by atoms with van der Waals surface area (Å²) in [5.74, 6) is 4.51. The van der Waals surface area contributed by atoms with Crippen LogP contribution >= 0.6 is 0 Å². The summed E-state index contributed by atoms with van der Waals surface area (Å²) in [6, 6.07) is 0. The van der Waals surface area contributed by atoms with Crippen molar-refractivity contribution in [1.29, 1.82) is 0 Å². The van der Waals surface area contributed by atoms with Crippen molar-refractivity contribution >= 4 is 14.4 Å². The average molecular weight is 113 g/mol. The quantitative estimate of drug-likeness (QED) is 0.425. The molecule has 40 valence electrons. The lowest BCUT2D eigenvalue weighted by molar-refractivity contribution is 1.07. The molecule has 2 heteroatoms. The highest BCUT2D eigenvalue weighted by Crippen LogP contribution is 1.68. The lowest BCUT2D eigenvalue weighted by atomic mass is 10.7. The smallest absolute Gasteiger partial charge is 0.363 e. The molecule has 0 aromatic rings. The maximum Gasteiger partial charge on any atom is 0.363 e. The second-order valence-electron chi connectivity index (χ2n) is 1.85. The molecule has 0 radical (unpaired) electrons. The summed E-state index contributed by atoms with van der Waals surface area (Å²) in [5, 5.41) is 0. The Morgan fingerprint density at radius 2 is 2.29 bits per heavy atom. The van der Waals surface area contributed by atoms with Gasteiger partial charge in [0, 0.05) is 0 Å². The van der Waals surface area contributed by atoms with Crippen LogP contribution in [0.25, 0.3) is 0 Å². The summed E-state index contributed by atoms with van der Waals surface area (Å²) < 4.78 is 3.32. The highest BCUT2D eigenvalue weighted by molar-refractivity contribution is 6.52. The van der Waals surface area contributed by atoms with E-state index in [0.717, 1.165) is 6.54 Å². The maximum atomic E-state index is 3.59. The van der Waals surface area contributed by atoms with Crippen LogP contribution < -0.4 is 4.30 Å². The van der Waals surface area contributed by atoms with Crippen LogP contribution in [-0.2, 0) is 0 Å². The third-order valence-corrected chi connectivity index (χ3v) is 1.72. The van der Waals surface area contributed by atoms with Crippen LogP contribution in [0.4, 0.5) is 0 Å². The molecule has 0 heterocycles. The van der Waals surface area contributed by atoms with E-state index in [4.69, 9.17) is 0 Å². The third kappa shape index (κ3) is 6.23. The fourth-order valence-corrected chi connectivity index (χ4v) is 0.957. The van der Waals surface area contributed by atoms with Crippen LogP contribution in [-0.4, -0.2) is 20.9 Å². The van der Waals surface area contributed by atoms with Crippen molar-refractivity contribution in [3.63, 3.8) is 0 Å². The Morgan fingerprint density at radius 1 is 1.71 bits per heavy atom. The predicted molar refractivity (Wildman–Crippen MR) is 35.7 cm³/mol. The summed E-state index contributed by atoms with van der Waals surface area (Å²) >= 11 is -0.509. The Hall–Kier alpha value is 0.232. The van der Waals surface area contributed by atoms with E-state index >= 15 is 0 Å². The van der Waals surface area contributed by atoms with Crippen molar-refractivity contribution < 1.29 is 0 Å². The van der Waals surface area contributed by atoms with Gasteiger partial charge in [0.15, 0.2) is 0 Å². The van der Waals surface area contributed by atoms with Crippen molar-refractivity contribution in [3.05, 3.63) is 12.7 Å². The first-order valence-corrected chi connectivity index (χ1v) is 5.50. The van der Waals surface area contributed by atoms with Crippen LogP contribution in [0.2, 0.25) is 11.6 Å². The van der Waals surface area contributed by atoms with E-state index in [-0.39, 0.29) is 0 Å². The van der Waals surface area contributed by atoms with E-state index in [2.05, 4.69) is 22.5 Å². The van der Waals surface area contributed by atoms with E-state index in [1.807, 2.05) is 6.08 Å². The normalized spacial score (nSPS) is 8.29. The van der Waals surface area contributed by atoms with Crippen molar-refractivity contribution in [2.45, 2.75) is 11.6 Å². The van der Waals surface area contributed by atoms with Gasteiger partial charge in [0.1, 0.15) is 0 Å². The Balaban J connectivity index is 2.81. The standard InChI is InChI=1S/C3H6N.2CH3.Al/c1-2-3-4;;;/h2,4H,1,3H2;2*1H3;/q-1;;;+1. The number of hydrogen-bond acceptors (Lipinski definition) is 1. The highest BCUT2D eigenvalue weighted by Gasteiger charge is 1.96. The molecule has 7 heavy (non-hydrogen) atoms. The summed E-state index contributed by atoms with van der Waals surface area (Å²) in [4.78, 5) is 0. The van der Waals surface area contributed by atoms with Crippen molar-refractivity contribution in [2.24, 2.45) is 0 Å². The van der Waals surface area contributed by atoms with Gasteiger partial charge in [-0.1, -0.05) is 17.6 Å². The van der Waals surface area contributed by atoms with E-state index in [0.29, 0.717) is 0 Å². The van der Waals surface area contributed by atoms with Crippen molar-refractivity contribution in [2.75, 3.05) is 6.54 Å². The van der Waals surface area contributed by atoms with Gasteiger partial charge in [-0.25, -0.2) is 0 Å². The number of nitrogens with one attached hydrogen (secondary N) is 1. The molecule has 0 aromatic carbocycles. The molecule has 0 atom stereocenters. The summed E-state index contributed by atoms with van der Waals surface area (Å²) in [6.07, 6.45) is 1.90. The largest absolute Gasteiger partial charge is 0.396 e. The first-order chi connectivity index (χ1) is 3.27. The fourth-order valence-electron chi connectivity index (χ4n) is 0.319. The zero-order valence-corrected chi connectivity index (χ0v) is 6.22. The first kappa shape index (κ1) is 7.23. The summed E-state index contributed by atoms with van der Waals surface area (Å²) in [6.45, 7) is 4.57. The minimum atomic E-state index is -0.509. The molecule has 0 aliphatic rings. The lowest BCUT2D eigenvalue weighted by Crippen LogP contribution is -2.26. The molecule has 0 rings (SSSR count). The molecule has 0 saturated heterocycles. The monoisotopic (exact) mass is 113 g/mol. The van der Waals surface area contributed by atoms with Gasteiger partial charge in [-0.2, -0.15) is 0 Å². The van der Waals surface area contributed by atoms with Gasteiger partial charge in [-0.15, -0.1) is 6.58 Å². The van der Waals surface area contributed by atoms with E-state index in [1.54, 1.807) is 0 Å². The van der Waals surface area contributed by atoms with Crippen LogP contribution in [0.15, 0.2) is 12.7 Å². The summed E-state index contributed by atoms with van der Waals surface area (Å²) in [5.41, 5.74) is 0. The van der Waals surface area contributed by atoms with E-state index in [1.165, 1.54) is 0 Å². The highest BCUT2D eigenvalue weighted by atomic mass is 27.2. The Bertz CT molecular complexity index is 52.0. The van der Waals surface area contributed by atoms with Gasteiger partial charge in [0.05, 0.1) is 0 Å². The molecule has 0 aliphatic carbocycles. The Labute approximate surface area is 50.0 Å². The van der Waals surface area contributed by atoms with Gasteiger partial charge in [-0.3, -0.25) is 0 Å². The second-order valence-corrected chi connectivity index (χ2v) is 4.57. The number of rotatable bonds is 3. The molecule has 1 N–H and O–H groups in total. The minimum absolute atomic E-state index is 0.509. The van der Waals surface area contributed by atoms with Crippen LogP contribution in [0.1, 0.15) is 0 Å². The van der Waals surface area contributed by atoms with E-state index in [9.17, 15) is 0 Å². The molecule has 0 unspecified atom stereocenters. The zero-order valence-electron chi connectivity index (χ0n) is 5.07. The maximum absolute atomic E-state index is 3.59. The lowest BCUT2D eigenvalue weighted by Gasteiger charge is -1.95. The molecule has 0 saturated carbocycles. The van der Waals surface area contributed by atoms with Crippen LogP contribution in [0.3, 0.4) is 0 Å². The molecule has 0 bridgehead atoms. The predicted octanol–water partition coefficient (Wildman–Crippen LogP) is 1.01. The van der Waals surface area contributed by atoms with Gasteiger partial charge in [0.2, 0.25) is 0 Å². The Kier molecular flexibility index (Phi) is 4.54. The van der Waals surface area contributed by atoms with Gasteiger partial charge >= 0.3 is 14.4 Å². The van der Waals surface area contributed by atoms with Gasteiger partial charge < -0.3 is 4.30 Å². The average Bonchev–Trinajstić information content (AvgIpc) is 1.61. The molecular formula is C5H12AlN. The topological polar surface area (TPSA) is 12.0 Å². The second kappa shape index (κ2) is 4.39. The zero-order chi connectivity index (χ0) is 5.70. The third-order valence-electron chi connectivity index (χ3n) is 0.670. The first-order valence-electron chi connectivity index (χ1n) is 2.61. The molecule has 0 aromatic heterocycles. The number of hydrogen-bond donors (Lipinski definition) is 1. The molecule has 1 nitrogen and oxygen atoms in total. The fraction of sp³-hybridized carbons (Fsp3) is 0.600. The molecule has 0 amide bonds. The minimum Gasteiger partial charge on any atom is -0.396 e. The SMILES string of the molecule is C=CC[NH][Al]([CH3])[CH3]. The van der Waals surface area contributed by atoms with Gasteiger partial charge in [-0.05, 0) is 6.54 Å². The van der Waals surface area contributed by atoms with Gasteiger partial charge in [0.25, 0.3) is 0 Å². The van der Waals surface area contributed by atoms with Crippen LogP contribution in [0.5, 0.6) is 0 Å². The van der Waals surface area contributed by atoms with Crippen molar-refractivity contribution in [3.8, 4) is 0 Å². The van der Waals surface area contributed by atoms with Crippen molar-refractivity contribution in [1.82, 2.24) is 4.30 Å². The van der Waals surface area contributed by atoms with E-state index < -0.39 is 14.4 Å². The molecular weight excluding hydrogens is 101 g/mol.